The van der Waals surface area contributed by atoms with Crippen molar-refractivity contribution in [3.63, 3.8) is 0 Å². The molecule has 1 fully saturated rings. The fourth-order valence-electron chi connectivity index (χ4n) is 3.71. The van der Waals surface area contributed by atoms with Crippen LogP contribution in [0, 0.1) is 12.8 Å². The van der Waals surface area contributed by atoms with Crippen LogP contribution < -0.4 is 5.32 Å². The fourth-order valence-corrected chi connectivity index (χ4v) is 3.71. The average Bonchev–Trinajstić information content (AvgIpc) is 3.17. The van der Waals surface area contributed by atoms with E-state index in [4.69, 9.17) is 4.74 Å². The highest BCUT2D eigenvalue weighted by Gasteiger charge is 2.40. The molecule has 2 atom stereocenters. The van der Waals surface area contributed by atoms with Gasteiger partial charge in [0.2, 0.25) is 5.91 Å². The van der Waals surface area contributed by atoms with Gasteiger partial charge in [-0.15, -0.1) is 0 Å². The number of amides is 2. The van der Waals surface area contributed by atoms with Crippen LogP contribution in [-0.2, 0) is 9.53 Å². The van der Waals surface area contributed by atoms with E-state index in [2.05, 4.69) is 29.6 Å². The summed E-state index contributed by atoms with van der Waals surface area (Å²) in [5.74, 6) is -0.272. The molecule has 0 aromatic heterocycles. The molecule has 0 aliphatic carbocycles. The van der Waals surface area contributed by atoms with Gasteiger partial charge < -0.3 is 15.0 Å². The summed E-state index contributed by atoms with van der Waals surface area (Å²) in [6, 6.07) is 17.5. The van der Waals surface area contributed by atoms with Crippen molar-refractivity contribution in [1.29, 1.82) is 0 Å². The van der Waals surface area contributed by atoms with Crippen LogP contribution in [0.2, 0.25) is 0 Å². The highest BCUT2D eigenvalue weighted by molar-refractivity contribution is 5.95. The van der Waals surface area contributed by atoms with Gasteiger partial charge in [-0.05, 0) is 31.0 Å². The fraction of sp³-hybridized carbons (Fsp3) is 0.391. The summed E-state index contributed by atoms with van der Waals surface area (Å²) in [6.45, 7) is 4.22. The van der Waals surface area contributed by atoms with E-state index in [9.17, 15) is 9.59 Å². The number of benzene rings is 2. The number of nitrogens with zero attached hydrogens (tertiary/aromatic N) is 1. The first-order chi connectivity index (χ1) is 13.6. The van der Waals surface area contributed by atoms with Crippen molar-refractivity contribution in [3.05, 3.63) is 71.3 Å². The monoisotopic (exact) mass is 380 g/mol. The van der Waals surface area contributed by atoms with Gasteiger partial charge in [0.1, 0.15) is 0 Å². The molecule has 28 heavy (non-hydrogen) atoms. The van der Waals surface area contributed by atoms with Crippen molar-refractivity contribution in [2.45, 2.75) is 19.3 Å². The lowest BCUT2D eigenvalue weighted by Gasteiger charge is -2.18. The Balaban J connectivity index is 1.77. The van der Waals surface area contributed by atoms with Crippen LogP contribution >= 0.6 is 0 Å². The van der Waals surface area contributed by atoms with Crippen molar-refractivity contribution >= 4 is 11.8 Å². The lowest BCUT2D eigenvalue weighted by atomic mass is 9.88. The molecule has 0 spiro atoms. The molecule has 0 saturated carbocycles. The van der Waals surface area contributed by atoms with Crippen molar-refractivity contribution < 1.29 is 14.3 Å². The molecular formula is C23H28N2O3. The predicted molar refractivity (Wildman–Crippen MR) is 109 cm³/mol. The van der Waals surface area contributed by atoms with Gasteiger partial charge in [-0.1, -0.05) is 48.0 Å². The van der Waals surface area contributed by atoms with E-state index in [1.807, 2.05) is 37.3 Å². The van der Waals surface area contributed by atoms with Gasteiger partial charge in [-0.25, -0.2) is 0 Å². The van der Waals surface area contributed by atoms with Crippen LogP contribution in [0.25, 0.3) is 0 Å². The highest BCUT2D eigenvalue weighted by Crippen LogP contribution is 2.34. The molecule has 0 bridgehead atoms. The van der Waals surface area contributed by atoms with Crippen molar-refractivity contribution in [2.24, 2.45) is 5.92 Å². The molecule has 1 aliphatic heterocycles. The molecule has 1 saturated heterocycles. The summed E-state index contributed by atoms with van der Waals surface area (Å²) in [4.78, 5) is 27.6. The lowest BCUT2D eigenvalue weighted by Crippen LogP contribution is -2.36. The average molecular weight is 380 g/mol. The van der Waals surface area contributed by atoms with Gasteiger partial charge in [0.25, 0.3) is 5.91 Å². The van der Waals surface area contributed by atoms with Crippen molar-refractivity contribution in [3.8, 4) is 0 Å². The quantitative estimate of drug-likeness (QED) is 0.751. The normalized spacial score (nSPS) is 18.9. The second kappa shape index (κ2) is 9.51. The molecular weight excluding hydrogens is 352 g/mol. The zero-order chi connectivity index (χ0) is 19.9. The van der Waals surface area contributed by atoms with Crippen LogP contribution in [0.3, 0.4) is 0 Å². The predicted octanol–water partition coefficient (Wildman–Crippen LogP) is 3.00. The van der Waals surface area contributed by atoms with Gasteiger partial charge in [0.15, 0.2) is 0 Å². The van der Waals surface area contributed by atoms with Crippen molar-refractivity contribution in [2.75, 3.05) is 33.4 Å². The zero-order valence-corrected chi connectivity index (χ0v) is 16.6. The molecule has 1 heterocycles. The number of rotatable bonds is 7. The lowest BCUT2D eigenvalue weighted by molar-refractivity contribution is -0.124. The number of nitrogens with one attached hydrogen (secondary N) is 1. The topological polar surface area (TPSA) is 58.6 Å². The van der Waals surface area contributed by atoms with Gasteiger partial charge >= 0.3 is 0 Å². The van der Waals surface area contributed by atoms with E-state index in [-0.39, 0.29) is 23.7 Å². The van der Waals surface area contributed by atoms with Crippen LogP contribution in [0.4, 0.5) is 0 Å². The maximum absolute atomic E-state index is 12.9. The molecule has 1 N–H and O–H groups in total. The van der Waals surface area contributed by atoms with Gasteiger partial charge in [0, 0.05) is 44.8 Å². The van der Waals surface area contributed by atoms with Crippen LogP contribution in [0.5, 0.6) is 0 Å². The number of carbonyl (C=O) groups is 2. The van der Waals surface area contributed by atoms with E-state index in [0.717, 1.165) is 12.0 Å². The minimum atomic E-state index is -0.252. The minimum Gasteiger partial charge on any atom is -0.385 e. The summed E-state index contributed by atoms with van der Waals surface area (Å²) >= 11 is 0. The molecule has 3 rings (SSSR count). The van der Waals surface area contributed by atoms with E-state index in [1.54, 1.807) is 12.0 Å². The van der Waals surface area contributed by atoms with Gasteiger partial charge in [-0.2, -0.15) is 0 Å². The molecule has 2 amide bonds. The maximum atomic E-state index is 12.9. The van der Waals surface area contributed by atoms with Crippen LogP contribution in [0.15, 0.2) is 54.6 Å². The number of carbonyl (C=O) groups excluding carboxylic acids is 2. The Kier molecular flexibility index (Phi) is 6.82. The summed E-state index contributed by atoms with van der Waals surface area (Å²) in [5, 5.41) is 3.01. The summed E-state index contributed by atoms with van der Waals surface area (Å²) in [5.41, 5.74) is 2.94. The molecule has 2 unspecified atom stereocenters. The smallest absolute Gasteiger partial charge is 0.253 e. The Bertz CT molecular complexity index is 789. The summed E-state index contributed by atoms with van der Waals surface area (Å²) < 4.78 is 5.04. The largest absolute Gasteiger partial charge is 0.385 e. The first-order valence-corrected chi connectivity index (χ1v) is 9.77. The first kappa shape index (κ1) is 20.1. The van der Waals surface area contributed by atoms with Crippen LogP contribution in [0.1, 0.15) is 33.8 Å². The summed E-state index contributed by atoms with van der Waals surface area (Å²) in [6.07, 6.45) is 0.775. The standard InChI is InChI=1S/C23H28N2O3/c1-17-9-11-18(12-10-17)20-15-25(23(27)19-7-4-3-5-8-19)16-21(20)22(26)24-13-6-14-28-2/h3-5,7-12,20-21H,6,13-16H2,1-2H3,(H,24,26). The number of likely N-dealkylation sites (tertiary alicyclic amines) is 1. The Morgan fingerprint density at radius 1 is 1.07 bits per heavy atom. The first-order valence-electron chi connectivity index (χ1n) is 9.77. The number of hydrogen-bond donors (Lipinski definition) is 1. The highest BCUT2D eigenvalue weighted by atomic mass is 16.5. The zero-order valence-electron chi connectivity index (χ0n) is 16.6. The second-order valence-electron chi connectivity index (χ2n) is 7.34. The van der Waals surface area contributed by atoms with E-state index < -0.39 is 0 Å². The third-order valence-corrected chi connectivity index (χ3v) is 5.29. The number of hydrogen-bond acceptors (Lipinski definition) is 3. The SMILES string of the molecule is COCCCNC(=O)C1CN(C(=O)c2ccccc2)CC1c1ccc(C)cc1. The van der Waals surface area contributed by atoms with Gasteiger partial charge in [0.05, 0.1) is 5.92 Å². The number of ether oxygens (including phenoxy) is 1. The molecule has 0 radical (unpaired) electrons. The van der Waals surface area contributed by atoms with E-state index in [1.165, 1.54) is 5.56 Å². The Labute approximate surface area is 166 Å². The Morgan fingerprint density at radius 2 is 1.79 bits per heavy atom. The van der Waals surface area contributed by atoms with E-state index >= 15 is 0 Å². The van der Waals surface area contributed by atoms with Gasteiger partial charge in [-0.3, -0.25) is 9.59 Å². The van der Waals surface area contributed by atoms with E-state index in [0.29, 0.717) is 31.8 Å². The Hall–Kier alpha value is -2.66. The molecule has 2 aromatic rings. The van der Waals surface area contributed by atoms with Crippen molar-refractivity contribution in [1.82, 2.24) is 10.2 Å². The van der Waals surface area contributed by atoms with Crippen LogP contribution in [-0.4, -0.2) is 50.1 Å². The molecule has 148 valence electrons. The summed E-state index contributed by atoms with van der Waals surface area (Å²) in [7, 11) is 1.65. The molecule has 5 heteroatoms. The number of aryl methyl sites for hydroxylation is 1. The third-order valence-electron chi connectivity index (χ3n) is 5.29. The molecule has 1 aliphatic rings. The third kappa shape index (κ3) is 4.78. The maximum Gasteiger partial charge on any atom is 0.253 e. The molecule has 5 nitrogen and oxygen atoms in total. The molecule has 2 aromatic carbocycles. The number of methoxy groups -OCH3 is 1. The Morgan fingerprint density at radius 3 is 2.46 bits per heavy atom. The second-order valence-corrected chi connectivity index (χ2v) is 7.34. The minimum absolute atomic E-state index is 0.00399.